The van der Waals surface area contributed by atoms with Gasteiger partial charge in [-0.15, -0.1) is 0 Å². The normalized spacial score (nSPS) is 10.6. The van der Waals surface area contributed by atoms with Gasteiger partial charge >= 0.3 is 0 Å². The van der Waals surface area contributed by atoms with Crippen molar-refractivity contribution in [3.63, 3.8) is 0 Å². The van der Waals surface area contributed by atoms with Crippen molar-refractivity contribution >= 4 is 0 Å². The molecule has 0 atom stereocenters. The van der Waals surface area contributed by atoms with Crippen LogP contribution in [0.4, 0.5) is 0 Å². The highest BCUT2D eigenvalue weighted by atomic mass is 15.1. The van der Waals surface area contributed by atoms with Crippen LogP contribution in [0.15, 0.2) is 18.5 Å². The lowest BCUT2D eigenvalue weighted by Gasteiger charge is -1.97. The van der Waals surface area contributed by atoms with Crippen LogP contribution in [-0.2, 0) is 6.42 Å². The summed E-state index contributed by atoms with van der Waals surface area (Å²) in [5.41, 5.74) is 4.87. The first-order valence-electron chi connectivity index (χ1n) is 4.39. The second kappa shape index (κ2) is 3.09. The molecular formula is C10H13N3. The lowest BCUT2D eigenvalue weighted by Crippen LogP contribution is -1.89. The molecule has 68 valence electrons. The number of H-pyrrole nitrogens is 2. The van der Waals surface area contributed by atoms with Crippen LogP contribution in [0.3, 0.4) is 0 Å². The fraction of sp³-hybridized carbons (Fsp3) is 0.300. The predicted molar refractivity (Wildman–Crippen MR) is 51.7 cm³/mol. The Morgan fingerprint density at radius 2 is 2.23 bits per heavy atom. The van der Waals surface area contributed by atoms with Gasteiger partial charge in [-0.05, 0) is 25.5 Å². The number of nitrogens with zero attached hydrogens (tertiary/aromatic N) is 1. The van der Waals surface area contributed by atoms with Gasteiger partial charge in [0.15, 0.2) is 0 Å². The molecule has 0 radical (unpaired) electrons. The first-order valence-corrected chi connectivity index (χ1v) is 4.39. The zero-order chi connectivity index (χ0) is 9.26. The Kier molecular flexibility index (Phi) is 1.93. The summed E-state index contributed by atoms with van der Waals surface area (Å²) in [6, 6.07) is 2.09. The van der Waals surface area contributed by atoms with Gasteiger partial charge in [-0.3, -0.25) is 5.10 Å². The molecule has 0 aromatic carbocycles. The van der Waals surface area contributed by atoms with E-state index in [-0.39, 0.29) is 0 Å². The SMILES string of the molecule is Cc1n[nH]c(C)c1Cc1cc[nH]c1. The van der Waals surface area contributed by atoms with E-state index < -0.39 is 0 Å². The number of hydrogen-bond donors (Lipinski definition) is 2. The van der Waals surface area contributed by atoms with Gasteiger partial charge in [0.25, 0.3) is 0 Å². The van der Waals surface area contributed by atoms with Gasteiger partial charge in [0.1, 0.15) is 0 Å². The van der Waals surface area contributed by atoms with Gasteiger partial charge in [0.2, 0.25) is 0 Å². The molecule has 0 unspecified atom stereocenters. The molecule has 2 N–H and O–H groups in total. The molecule has 2 heterocycles. The maximum atomic E-state index is 4.16. The number of aryl methyl sites for hydroxylation is 2. The summed E-state index contributed by atoms with van der Waals surface area (Å²) in [6.07, 6.45) is 4.92. The third-order valence-electron chi connectivity index (χ3n) is 2.32. The third kappa shape index (κ3) is 1.49. The summed E-state index contributed by atoms with van der Waals surface area (Å²) in [4.78, 5) is 3.05. The maximum absolute atomic E-state index is 4.16. The van der Waals surface area contributed by atoms with Gasteiger partial charge < -0.3 is 4.98 Å². The summed E-state index contributed by atoms with van der Waals surface area (Å²) in [6.45, 7) is 4.09. The fourth-order valence-electron chi connectivity index (χ4n) is 1.51. The number of aromatic amines is 2. The topological polar surface area (TPSA) is 44.5 Å². The largest absolute Gasteiger partial charge is 0.367 e. The molecule has 13 heavy (non-hydrogen) atoms. The van der Waals surface area contributed by atoms with Crippen molar-refractivity contribution < 1.29 is 0 Å². The van der Waals surface area contributed by atoms with Crippen molar-refractivity contribution in [3.05, 3.63) is 41.0 Å². The maximum Gasteiger partial charge on any atom is 0.0629 e. The van der Waals surface area contributed by atoms with Crippen molar-refractivity contribution in [3.8, 4) is 0 Å². The highest BCUT2D eigenvalue weighted by Crippen LogP contribution is 2.14. The van der Waals surface area contributed by atoms with Gasteiger partial charge in [0.05, 0.1) is 5.69 Å². The van der Waals surface area contributed by atoms with E-state index in [1.165, 1.54) is 16.8 Å². The lowest BCUT2D eigenvalue weighted by molar-refractivity contribution is 1.02. The fourth-order valence-corrected chi connectivity index (χ4v) is 1.51. The highest BCUT2D eigenvalue weighted by Gasteiger charge is 2.06. The molecule has 0 aliphatic heterocycles. The minimum atomic E-state index is 0.956. The summed E-state index contributed by atoms with van der Waals surface area (Å²) >= 11 is 0. The molecule has 0 saturated heterocycles. The monoisotopic (exact) mass is 175 g/mol. The minimum Gasteiger partial charge on any atom is -0.367 e. The summed E-state index contributed by atoms with van der Waals surface area (Å²) in [5.74, 6) is 0. The van der Waals surface area contributed by atoms with E-state index in [1.54, 1.807) is 0 Å². The molecular weight excluding hydrogens is 162 g/mol. The summed E-state index contributed by atoms with van der Waals surface area (Å²) in [5, 5.41) is 7.15. The van der Waals surface area contributed by atoms with E-state index in [2.05, 4.69) is 28.2 Å². The summed E-state index contributed by atoms with van der Waals surface area (Å²) < 4.78 is 0. The molecule has 0 aliphatic rings. The molecule has 0 aliphatic carbocycles. The Balaban J connectivity index is 2.27. The zero-order valence-electron chi connectivity index (χ0n) is 7.89. The smallest absolute Gasteiger partial charge is 0.0629 e. The number of aromatic nitrogens is 3. The lowest BCUT2D eigenvalue weighted by atomic mass is 10.1. The van der Waals surface area contributed by atoms with Crippen LogP contribution in [-0.4, -0.2) is 15.2 Å². The zero-order valence-corrected chi connectivity index (χ0v) is 7.89. The van der Waals surface area contributed by atoms with E-state index in [4.69, 9.17) is 0 Å². The quantitative estimate of drug-likeness (QED) is 0.719. The van der Waals surface area contributed by atoms with Gasteiger partial charge in [-0.1, -0.05) is 0 Å². The molecule has 2 rings (SSSR count). The van der Waals surface area contributed by atoms with Crippen LogP contribution in [0.5, 0.6) is 0 Å². The molecule has 2 aromatic rings. The van der Waals surface area contributed by atoms with Crippen molar-refractivity contribution in [1.29, 1.82) is 0 Å². The molecule has 0 bridgehead atoms. The van der Waals surface area contributed by atoms with E-state index >= 15 is 0 Å². The van der Waals surface area contributed by atoms with Crippen molar-refractivity contribution in [2.45, 2.75) is 20.3 Å². The van der Waals surface area contributed by atoms with Crippen molar-refractivity contribution in [2.75, 3.05) is 0 Å². The first-order chi connectivity index (χ1) is 6.27. The van der Waals surface area contributed by atoms with E-state index in [9.17, 15) is 0 Å². The Morgan fingerprint density at radius 3 is 2.77 bits per heavy atom. The number of rotatable bonds is 2. The average Bonchev–Trinajstić information content (AvgIpc) is 2.70. The minimum absolute atomic E-state index is 0.956. The van der Waals surface area contributed by atoms with Crippen LogP contribution >= 0.6 is 0 Å². The van der Waals surface area contributed by atoms with Crippen LogP contribution in [0.1, 0.15) is 22.5 Å². The van der Waals surface area contributed by atoms with Crippen LogP contribution < -0.4 is 0 Å². The van der Waals surface area contributed by atoms with Gasteiger partial charge in [-0.2, -0.15) is 5.10 Å². The predicted octanol–water partition coefficient (Wildman–Crippen LogP) is 1.95. The summed E-state index contributed by atoms with van der Waals surface area (Å²) in [7, 11) is 0. The van der Waals surface area contributed by atoms with Crippen molar-refractivity contribution in [1.82, 2.24) is 15.2 Å². The average molecular weight is 175 g/mol. The molecule has 0 saturated carbocycles. The van der Waals surface area contributed by atoms with E-state index in [0.29, 0.717) is 0 Å². The van der Waals surface area contributed by atoms with Gasteiger partial charge in [0, 0.05) is 30.1 Å². The van der Waals surface area contributed by atoms with Gasteiger partial charge in [-0.25, -0.2) is 0 Å². The standard InChI is InChI=1S/C10H13N3/c1-7-10(8(2)13-12-7)5-9-3-4-11-6-9/h3-4,6,11H,5H2,1-2H3,(H,12,13). The Labute approximate surface area is 77.2 Å². The molecule has 0 amide bonds. The molecule has 3 heteroatoms. The second-order valence-corrected chi connectivity index (χ2v) is 3.31. The van der Waals surface area contributed by atoms with Crippen molar-refractivity contribution in [2.24, 2.45) is 0 Å². The Morgan fingerprint density at radius 1 is 1.38 bits per heavy atom. The third-order valence-corrected chi connectivity index (χ3v) is 2.32. The molecule has 3 nitrogen and oxygen atoms in total. The molecule has 2 aromatic heterocycles. The highest BCUT2D eigenvalue weighted by molar-refractivity contribution is 5.29. The Bertz CT molecular complexity index is 365. The van der Waals surface area contributed by atoms with E-state index in [0.717, 1.165) is 12.1 Å². The van der Waals surface area contributed by atoms with Crippen LogP contribution in [0.2, 0.25) is 0 Å². The second-order valence-electron chi connectivity index (χ2n) is 3.31. The molecule has 0 spiro atoms. The number of hydrogen-bond acceptors (Lipinski definition) is 1. The Hall–Kier alpha value is -1.51. The molecule has 0 fully saturated rings. The van der Waals surface area contributed by atoms with Crippen LogP contribution in [0.25, 0.3) is 0 Å². The number of nitrogens with one attached hydrogen (secondary N) is 2. The first kappa shape index (κ1) is 8.10. The van der Waals surface area contributed by atoms with Crippen LogP contribution in [0, 0.1) is 13.8 Å². The van der Waals surface area contributed by atoms with E-state index in [1.807, 2.05) is 19.3 Å².